The first kappa shape index (κ1) is 20.0. The highest BCUT2D eigenvalue weighted by Gasteiger charge is 2.11. The van der Waals surface area contributed by atoms with E-state index in [9.17, 15) is 4.79 Å². The van der Waals surface area contributed by atoms with Crippen molar-refractivity contribution in [2.75, 3.05) is 20.3 Å². The van der Waals surface area contributed by atoms with Gasteiger partial charge in [-0.25, -0.2) is 0 Å². The summed E-state index contributed by atoms with van der Waals surface area (Å²) in [7, 11) is 1.56. The van der Waals surface area contributed by atoms with Crippen molar-refractivity contribution in [1.29, 1.82) is 0 Å². The summed E-state index contributed by atoms with van der Waals surface area (Å²) in [6.45, 7) is 4.06. The Morgan fingerprint density at radius 1 is 1.27 bits per heavy atom. The van der Waals surface area contributed by atoms with Gasteiger partial charge >= 0.3 is 0 Å². The summed E-state index contributed by atoms with van der Waals surface area (Å²) in [6, 6.07) is 7.50. The maximum absolute atomic E-state index is 11.9. The van der Waals surface area contributed by atoms with E-state index in [4.69, 9.17) is 21.1 Å². The van der Waals surface area contributed by atoms with Crippen molar-refractivity contribution in [3.63, 3.8) is 0 Å². The maximum atomic E-state index is 11.9. The fourth-order valence-electron chi connectivity index (χ4n) is 2.41. The number of pyridine rings is 1. The molecule has 26 heavy (non-hydrogen) atoms. The average Bonchev–Trinajstić information content (AvgIpc) is 2.64. The fraction of sp³-hybridized carbons (Fsp3) is 0.368. The highest BCUT2D eigenvalue weighted by molar-refractivity contribution is 6.32. The number of hydrogen-bond acceptors (Lipinski definition) is 5. The number of amides is 1. The van der Waals surface area contributed by atoms with Crippen molar-refractivity contribution in [1.82, 2.24) is 15.6 Å². The van der Waals surface area contributed by atoms with E-state index in [-0.39, 0.29) is 5.91 Å². The molecule has 0 spiro atoms. The maximum Gasteiger partial charge on any atom is 0.221 e. The molecule has 0 saturated heterocycles. The van der Waals surface area contributed by atoms with Crippen molar-refractivity contribution in [2.45, 2.75) is 26.4 Å². The Labute approximate surface area is 158 Å². The van der Waals surface area contributed by atoms with E-state index in [1.165, 1.54) is 0 Å². The van der Waals surface area contributed by atoms with Gasteiger partial charge in [0.1, 0.15) is 0 Å². The van der Waals surface area contributed by atoms with Gasteiger partial charge in [-0.05, 0) is 36.2 Å². The summed E-state index contributed by atoms with van der Waals surface area (Å²) in [5.41, 5.74) is 1.94. The van der Waals surface area contributed by atoms with Gasteiger partial charge in [0.15, 0.2) is 11.5 Å². The lowest BCUT2D eigenvalue weighted by atomic mass is 10.2. The summed E-state index contributed by atoms with van der Waals surface area (Å²) in [5, 5.41) is 6.61. The van der Waals surface area contributed by atoms with E-state index in [1.54, 1.807) is 19.5 Å². The van der Waals surface area contributed by atoms with Crippen molar-refractivity contribution < 1.29 is 14.3 Å². The second-order valence-corrected chi connectivity index (χ2v) is 6.01. The highest BCUT2D eigenvalue weighted by Crippen LogP contribution is 2.36. The van der Waals surface area contributed by atoms with Gasteiger partial charge in [-0.3, -0.25) is 9.78 Å². The quantitative estimate of drug-likeness (QED) is 0.623. The van der Waals surface area contributed by atoms with Crippen LogP contribution in [-0.4, -0.2) is 31.2 Å². The van der Waals surface area contributed by atoms with Crippen LogP contribution in [0.25, 0.3) is 0 Å². The summed E-state index contributed by atoms with van der Waals surface area (Å²) in [4.78, 5) is 15.9. The van der Waals surface area contributed by atoms with Crippen LogP contribution in [-0.2, 0) is 17.9 Å². The highest BCUT2D eigenvalue weighted by atomic mass is 35.5. The number of hydrogen-bond donors (Lipinski definition) is 2. The number of nitrogens with zero attached hydrogens (tertiary/aromatic N) is 1. The molecule has 0 saturated carbocycles. The Morgan fingerprint density at radius 2 is 2.12 bits per heavy atom. The molecule has 7 heteroatoms. The molecule has 2 N–H and O–H groups in total. The molecule has 0 bridgehead atoms. The SMILES string of the molecule is CCOc1cc(CNCCC(=O)NCc2cccnc2)cc(Cl)c1OC. The number of nitrogens with one attached hydrogen (secondary N) is 2. The molecule has 0 fully saturated rings. The van der Waals surface area contributed by atoms with Crippen LogP contribution in [0.5, 0.6) is 11.5 Å². The van der Waals surface area contributed by atoms with Crippen molar-refractivity contribution in [3.05, 3.63) is 52.8 Å². The number of methoxy groups -OCH3 is 1. The smallest absolute Gasteiger partial charge is 0.221 e. The zero-order valence-corrected chi connectivity index (χ0v) is 15.8. The van der Waals surface area contributed by atoms with Gasteiger partial charge in [0.2, 0.25) is 5.91 Å². The topological polar surface area (TPSA) is 72.5 Å². The minimum atomic E-state index is -0.0101. The van der Waals surface area contributed by atoms with Gasteiger partial charge in [-0.1, -0.05) is 17.7 Å². The monoisotopic (exact) mass is 377 g/mol. The largest absolute Gasteiger partial charge is 0.491 e. The first-order chi connectivity index (χ1) is 12.6. The Balaban J connectivity index is 1.76. The van der Waals surface area contributed by atoms with Crippen LogP contribution in [0.4, 0.5) is 0 Å². The van der Waals surface area contributed by atoms with Crippen molar-refractivity contribution >= 4 is 17.5 Å². The van der Waals surface area contributed by atoms with E-state index in [0.29, 0.717) is 49.2 Å². The number of halogens is 1. The summed E-state index contributed by atoms with van der Waals surface area (Å²) in [6.07, 6.45) is 3.84. The summed E-state index contributed by atoms with van der Waals surface area (Å²) in [5.74, 6) is 1.14. The average molecular weight is 378 g/mol. The lowest BCUT2D eigenvalue weighted by Gasteiger charge is -2.13. The zero-order chi connectivity index (χ0) is 18.8. The minimum absolute atomic E-state index is 0.0101. The lowest BCUT2D eigenvalue weighted by molar-refractivity contribution is -0.121. The van der Waals surface area contributed by atoms with Crippen LogP contribution in [0.1, 0.15) is 24.5 Å². The van der Waals surface area contributed by atoms with E-state index < -0.39 is 0 Å². The third-order valence-electron chi connectivity index (χ3n) is 3.64. The molecule has 1 aromatic heterocycles. The molecule has 0 atom stereocenters. The van der Waals surface area contributed by atoms with Gasteiger partial charge in [0.25, 0.3) is 0 Å². The van der Waals surface area contributed by atoms with Crippen molar-refractivity contribution in [3.8, 4) is 11.5 Å². The fourth-order valence-corrected chi connectivity index (χ4v) is 2.72. The first-order valence-corrected chi connectivity index (χ1v) is 8.87. The minimum Gasteiger partial charge on any atom is -0.491 e. The number of aromatic nitrogens is 1. The third-order valence-corrected chi connectivity index (χ3v) is 3.92. The predicted octanol–water partition coefficient (Wildman–Crippen LogP) is 2.94. The molecule has 2 rings (SSSR count). The normalized spacial score (nSPS) is 10.4. The second-order valence-electron chi connectivity index (χ2n) is 5.61. The van der Waals surface area contributed by atoms with Gasteiger partial charge in [-0.15, -0.1) is 0 Å². The molecule has 2 aromatic rings. The summed E-state index contributed by atoms with van der Waals surface area (Å²) < 4.78 is 10.8. The number of rotatable bonds is 10. The number of carbonyl (C=O) groups excluding carboxylic acids is 1. The third kappa shape index (κ3) is 6.20. The van der Waals surface area contributed by atoms with Gasteiger partial charge in [-0.2, -0.15) is 0 Å². The Kier molecular flexibility index (Phi) is 8.18. The van der Waals surface area contributed by atoms with Gasteiger partial charge < -0.3 is 20.1 Å². The van der Waals surface area contributed by atoms with Gasteiger partial charge in [0, 0.05) is 38.4 Å². The molecular weight excluding hydrogens is 354 g/mol. The number of ether oxygens (including phenoxy) is 2. The second kappa shape index (κ2) is 10.6. The van der Waals surface area contributed by atoms with Crippen LogP contribution in [0, 0.1) is 0 Å². The molecule has 0 aliphatic heterocycles. The molecule has 0 aliphatic carbocycles. The first-order valence-electron chi connectivity index (χ1n) is 8.49. The van der Waals surface area contributed by atoms with Crippen LogP contribution < -0.4 is 20.1 Å². The molecule has 0 unspecified atom stereocenters. The molecular formula is C19H24ClN3O3. The predicted molar refractivity (Wildman–Crippen MR) is 102 cm³/mol. The van der Waals surface area contributed by atoms with Crippen LogP contribution in [0.15, 0.2) is 36.7 Å². The number of benzene rings is 1. The van der Waals surface area contributed by atoms with E-state index >= 15 is 0 Å². The zero-order valence-electron chi connectivity index (χ0n) is 15.0. The summed E-state index contributed by atoms with van der Waals surface area (Å²) >= 11 is 6.23. The number of carbonyl (C=O) groups is 1. The molecule has 1 heterocycles. The molecule has 140 valence electrons. The molecule has 6 nitrogen and oxygen atoms in total. The Hall–Kier alpha value is -2.31. The van der Waals surface area contributed by atoms with Crippen LogP contribution >= 0.6 is 11.6 Å². The van der Waals surface area contributed by atoms with Crippen LogP contribution in [0.3, 0.4) is 0 Å². The Bertz CT molecular complexity index is 711. The van der Waals surface area contributed by atoms with Crippen LogP contribution in [0.2, 0.25) is 5.02 Å². The molecule has 1 aromatic carbocycles. The lowest BCUT2D eigenvalue weighted by Crippen LogP contribution is -2.27. The standard InChI is InChI=1S/C19H24ClN3O3/c1-3-26-17-10-15(9-16(20)19(17)25-2)12-22-8-6-18(24)23-13-14-5-4-7-21-11-14/h4-5,7,9-11,22H,3,6,8,12-13H2,1-2H3,(H,23,24). The molecule has 0 radical (unpaired) electrons. The van der Waals surface area contributed by atoms with Crippen molar-refractivity contribution in [2.24, 2.45) is 0 Å². The van der Waals surface area contributed by atoms with Gasteiger partial charge in [0.05, 0.1) is 18.7 Å². The van der Waals surface area contributed by atoms with E-state index in [1.807, 2.05) is 31.2 Å². The van der Waals surface area contributed by atoms with E-state index in [2.05, 4.69) is 15.6 Å². The van der Waals surface area contributed by atoms with E-state index in [0.717, 1.165) is 11.1 Å². The molecule has 0 aliphatic rings. The molecule has 1 amide bonds. The Morgan fingerprint density at radius 3 is 2.81 bits per heavy atom.